The normalized spacial score (nSPS) is 22.6. The molecular formula is C10H11BrF2N2OS. The molecule has 1 aliphatic rings. The first-order valence-electron chi connectivity index (χ1n) is 5.08. The standard InChI is InChI=1S/C10H11BrF2N2OS/c11-8-1-6(4-17-8)3-14-9(16)7-2-10(12,13)5-15-7/h1,4,7,15H,2-3,5H2,(H,14,16). The van der Waals surface area contributed by atoms with Gasteiger partial charge in [-0.05, 0) is 32.9 Å². The van der Waals surface area contributed by atoms with Gasteiger partial charge in [0.15, 0.2) is 0 Å². The molecule has 0 aromatic carbocycles. The summed E-state index contributed by atoms with van der Waals surface area (Å²) in [6.07, 6.45) is -0.424. The fraction of sp³-hybridized carbons (Fsp3) is 0.500. The zero-order valence-corrected chi connectivity index (χ0v) is 11.2. The van der Waals surface area contributed by atoms with Crippen molar-refractivity contribution in [3.63, 3.8) is 0 Å². The smallest absolute Gasteiger partial charge is 0.262 e. The van der Waals surface area contributed by atoms with Gasteiger partial charge < -0.3 is 5.32 Å². The topological polar surface area (TPSA) is 41.1 Å². The number of carbonyl (C=O) groups is 1. The van der Waals surface area contributed by atoms with Gasteiger partial charge in [0.25, 0.3) is 5.92 Å². The quantitative estimate of drug-likeness (QED) is 0.894. The highest BCUT2D eigenvalue weighted by atomic mass is 79.9. The first-order chi connectivity index (χ1) is 7.96. The van der Waals surface area contributed by atoms with E-state index in [1.807, 2.05) is 11.4 Å². The van der Waals surface area contributed by atoms with Gasteiger partial charge in [-0.15, -0.1) is 11.3 Å². The van der Waals surface area contributed by atoms with Crippen LogP contribution in [0.4, 0.5) is 8.78 Å². The van der Waals surface area contributed by atoms with Gasteiger partial charge in [0.1, 0.15) is 0 Å². The number of carbonyl (C=O) groups excluding carboxylic acids is 1. The lowest BCUT2D eigenvalue weighted by Crippen LogP contribution is -2.39. The summed E-state index contributed by atoms with van der Waals surface area (Å²) in [5.74, 6) is -3.14. The fourth-order valence-corrected chi connectivity index (χ4v) is 2.86. The summed E-state index contributed by atoms with van der Waals surface area (Å²) in [5, 5.41) is 7.07. The van der Waals surface area contributed by atoms with Crippen LogP contribution < -0.4 is 10.6 Å². The van der Waals surface area contributed by atoms with Crippen LogP contribution in [0, 0.1) is 0 Å². The second kappa shape index (κ2) is 4.99. The molecule has 2 rings (SSSR count). The number of halogens is 3. The average molecular weight is 325 g/mol. The van der Waals surface area contributed by atoms with E-state index in [1.54, 1.807) is 0 Å². The molecule has 0 saturated carbocycles. The Balaban J connectivity index is 1.82. The van der Waals surface area contributed by atoms with E-state index in [0.29, 0.717) is 6.54 Å². The molecule has 1 aromatic heterocycles. The highest BCUT2D eigenvalue weighted by Gasteiger charge is 2.42. The second-order valence-corrected chi connectivity index (χ2v) is 6.26. The summed E-state index contributed by atoms with van der Waals surface area (Å²) < 4.78 is 26.7. The van der Waals surface area contributed by atoms with E-state index in [4.69, 9.17) is 0 Å². The number of hydrogen-bond acceptors (Lipinski definition) is 3. The van der Waals surface area contributed by atoms with Crippen molar-refractivity contribution in [3.8, 4) is 0 Å². The second-order valence-electron chi connectivity index (χ2n) is 3.97. The van der Waals surface area contributed by atoms with E-state index >= 15 is 0 Å². The predicted octanol–water partition coefficient (Wildman–Crippen LogP) is 2.12. The van der Waals surface area contributed by atoms with Crippen LogP contribution in [0.1, 0.15) is 12.0 Å². The lowest BCUT2D eigenvalue weighted by Gasteiger charge is -2.10. The van der Waals surface area contributed by atoms with Gasteiger partial charge in [-0.1, -0.05) is 0 Å². The first-order valence-corrected chi connectivity index (χ1v) is 6.75. The Morgan fingerprint density at radius 2 is 2.47 bits per heavy atom. The molecule has 1 fully saturated rings. The summed E-state index contributed by atoms with van der Waals surface area (Å²) in [4.78, 5) is 11.6. The number of hydrogen-bond donors (Lipinski definition) is 2. The van der Waals surface area contributed by atoms with E-state index in [2.05, 4.69) is 26.6 Å². The zero-order valence-electron chi connectivity index (χ0n) is 8.80. The third kappa shape index (κ3) is 3.46. The van der Waals surface area contributed by atoms with Gasteiger partial charge in [0.2, 0.25) is 5.91 Å². The van der Waals surface area contributed by atoms with Crippen molar-refractivity contribution in [1.82, 2.24) is 10.6 Å². The third-order valence-electron chi connectivity index (χ3n) is 2.51. The van der Waals surface area contributed by atoms with Gasteiger partial charge in [0.05, 0.1) is 16.4 Å². The Labute approximate surface area is 110 Å². The summed E-state index contributed by atoms with van der Waals surface area (Å²) in [6.45, 7) is -0.0558. The lowest BCUT2D eigenvalue weighted by atomic mass is 10.2. The SMILES string of the molecule is O=C(NCc1csc(Br)c1)C1CC(F)(F)CN1. The Bertz CT molecular complexity index is 424. The summed E-state index contributed by atoms with van der Waals surface area (Å²) >= 11 is 4.83. The number of rotatable bonds is 3. The van der Waals surface area contributed by atoms with Crippen LogP contribution >= 0.6 is 27.3 Å². The van der Waals surface area contributed by atoms with Crippen molar-refractivity contribution in [3.05, 3.63) is 20.8 Å². The molecule has 1 aliphatic heterocycles. The fourth-order valence-electron chi connectivity index (χ4n) is 1.65. The van der Waals surface area contributed by atoms with Gasteiger partial charge >= 0.3 is 0 Å². The molecule has 1 aromatic rings. The molecule has 2 N–H and O–H groups in total. The third-order valence-corrected chi connectivity index (χ3v) is 4.07. The van der Waals surface area contributed by atoms with Gasteiger partial charge in [-0.3, -0.25) is 10.1 Å². The number of nitrogens with one attached hydrogen (secondary N) is 2. The molecule has 17 heavy (non-hydrogen) atoms. The number of thiophene rings is 1. The van der Waals surface area contributed by atoms with Gasteiger partial charge in [0, 0.05) is 13.0 Å². The zero-order chi connectivity index (χ0) is 12.5. The van der Waals surface area contributed by atoms with Crippen molar-refractivity contribution in [2.75, 3.05) is 6.54 Å². The van der Waals surface area contributed by atoms with Crippen LogP contribution in [-0.2, 0) is 11.3 Å². The molecular weight excluding hydrogens is 314 g/mol. The highest BCUT2D eigenvalue weighted by molar-refractivity contribution is 9.11. The number of alkyl halides is 2. The minimum Gasteiger partial charge on any atom is -0.351 e. The molecule has 3 nitrogen and oxygen atoms in total. The maximum Gasteiger partial charge on any atom is 0.262 e. The van der Waals surface area contributed by atoms with Crippen molar-refractivity contribution in [1.29, 1.82) is 0 Å². The first kappa shape index (κ1) is 12.9. The summed E-state index contributed by atoms with van der Waals surface area (Å²) in [6, 6.07) is 1.11. The van der Waals surface area contributed by atoms with Gasteiger partial charge in [-0.2, -0.15) is 0 Å². The molecule has 7 heteroatoms. The van der Waals surface area contributed by atoms with Crippen molar-refractivity contribution < 1.29 is 13.6 Å². The Kier molecular flexibility index (Phi) is 3.79. The lowest BCUT2D eigenvalue weighted by molar-refractivity contribution is -0.123. The molecule has 0 radical (unpaired) electrons. The molecule has 0 aliphatic carbocycles. The number of amides is 1. The maximum atomic E-state index is 12.9. The monoisotopic (exact) mass is 324 g/mol. The van der Waals surface area contributed by atoms with Crippen LogP contribution in [0.5, 0.6) is 0 Å². The van der Waals surface area contributed by atoms with E-state index < -0.39 is 24.9 Å². The van der Waals surface area contributed by atoms with Crippen LogP contribution in [-0.4, -0.2) is 24.4 Å². The van der Waals surface area contributed by atoms with Crippen molar-refractivity contribution >= 4 is 33.2 Å². The predicted molar refractivity (Wildman–Crippen MR) is 65.2 cm³/mol. The largest absolute Gasteiger partial charge is 0.351 e. The minimum absolute atomic E-state index is 0.366. The summed E-state index contributed by atoms with van der Waals surface area (Å²) in [7, 11) is 0. The molecule has 2 heterocycles. The van der Waals surface area contributed by atoms with Crippen molar-refractivity contribution in [2.45, 2.75) is 24.9 Å². The van der Waals surface area contributed by atoms with E-state index in [-0.39, 0.29) is 5.91 Å². The molecule has 94 valence electrons. The van der Waals surface area contributed by atoms with Crippen LogP contribution in [0.25, 0.3) is 0 Å². The Hall–Kier alpha value is -0.530. The molecule has 1 unspecified atom stereocenters. The molecule has 1 amide bonds. The van der Waals surface area contributed by atoms with E-state index in [1.165, 1.54) is 11.3 Å². The molecule has 0 bridgehead atoms. The molecule has 1 atom stereocenters. The van der Waals surface area contributed by atoms with Crippen LogP contribution in [0.3, 0.4) is 0 Å². The average Bonchev–Trinajstić information content (AvgIpc) is 2.81. The van der Waals surface area contributed by atoms with Gasteiger partial charge in [-0.25, -0.2) is 8.78 Å². The van der Waals surface area contributed by atoms with Crippen LogP contribution in [0.2, 0.25) is 0 Å². The maximum absolute atomic E-state index is 12.9. The molecule has 0 spiro atoms. The van der Waals surface area contributed by atoms with Crippen molar-refractivity contribution in [2.24, 2.45) is 0 Å². The highest BCUT2D eigenvalue weighted by Crippen LogP contribution is 2.25. The Morgan fingerprint density at radius 1 is 1.71 bits per heavy atom. The van der Waals surface area contributed by atoms with E-state index in [0.717, 1.165) is 9.35 Å². The summed E-state index contributed by atoms with van der Waals surface area (Å²) in [5.41, 5.74) is 0.958. The Morgan fingerprint density at radius 3 is 3.00 bits per heavy atom. The van der Waals surface area contributed by atoms with E-state index in [9.17, 15) is 13.6 Å². The minimum atomic E-state index is -2.77. The molecule has 1 saturated heterocycles. The van der Waals surface area contributed by atoms with Crippen LogP contribution in [0.15, 0.2) is 15.2 Å².